The number of nitrogens with one attached hydrogen (secondary N) is 2. The summed E-state index contributed by atoms with van der Waals surface area (Å²) < 4.78 is 20.3. The van der Waals surface area contributed by atoms with E-state index in [9.17, 15) is 9.65 Å². The summed E-state index contributed by atoms with van der Waals surface area (Å²) in [5, 5.41) is 25.2. The van der Waals surface area contributed by atoms with Crippen molar-refractivity contribution in [2.24, 2.45) is 11.8 Å². The predicted molar refractivity (Wildman–Crippen MR) is 113 cm³/mol. The number of halogens is 2. The van der Waals surface area contributed by atoms with Crippen molar-refractivity contribution < 1.29 is 9.13 Å². The summed E-state index contributed by atoms with van der Waals surface area (Å²) in [6.45, 7) is 4.33. The van der Waals surface area contributed by atoms with Crippen LogP contribution in [0, 0.1) is 34.4 Å². The Labute approximate surface area is 179 Å². The molecule has 0 radical (unpaired) electrons. The third kappa shape index (κ3) is 3.46. The normalized spacial score (nSPS) is 18.1. The van der Waals surface area contributed by atoms with E-state index in [1.54, 1.807) is 6.07 Å². The lowest BCUT2D eigenvalue weighted by atomic mass is 9.78. The molecule has 2 atom stereocenters. The van der Waals surface area contributed by atoms with Crippen molar-refractivity contribution in [3.05, 3.63) is 70.0 Å². The van der Waals surface area contributed by atoms with E-state index in [2.05, 4.69) is 30.1 Å². The molecule has 0 fully saturated rings. The monoisotopic (exact) mass is 422 g/mol. The van der Waals surface area contributed by atoms with Gasteiger partial charge in [0.1, 0.15) is 11.7 Å². The highest BCUT2D eigenvalue weighted by atomic mass is 35.5. The molecule has 1 aromatic heterocycles. The predicted octanol–water partition coefficient (Wildman–Crippen LogP) is 5.71. The van der Waals surface area contributed by atoms with Gasteiger partial charge in [0.25, 0.3) is 0 Å². The van der Waals surface area contributed by atoms with E-state index in [1.165, 1.54) is 17.7 Å². The Balaban J connectivity index is 1.88. The second-order valence-corrected chi connectivity index (χ2v) is 8.21. The molecule has 2 unspecified atom stereocenters. The maximum absolute atomic E-state index is 14.8. The second-order valence-electron chi connectivity index (χ2n) is 7.80. The van der Waals surface area contributed by atoms with E-state index in [0.717, 1.165) is 12.0 Å². The van der Waals surface area contributed by atoms with Crippen LogP contribution in [0.2, 0.25) is 5.02 Å². The minimum atomic E-state index is -1.02. The van der Waals surface area contributed by atoms with E-state index < -0.39 is 17.7 Å². The van der Waals surface area contributed by atoms with Gasteiger partial charge in [-0.25, -0.2) is 4.39 Å². The molecule has 1 aliphatic rings. The van der Waals surface area contributed by atoms with E-state index in [-0.39, 0.29) is 22.4 Å². The first-order valence-electron chi connectivity index (χ1n) is 9.68. The molecular weight excluding hydrogens is 403 g/mol. The number of aromatic nitrogens is 2. The van der Waals surface area contributed by atoms with Gasteiger partial charge in [0.15, 0.2) is 0 Å². The Kier molecular flexibility index (Phi) is 5.31. The molecule has 1 aliphatic heterocycles. The first-order chi connectivity index (χ1) is 14.4. The van der Waals surface area contributed by atoms with Crippen LogP contribution in [0.4, 0.5) is 4.39 Å². The molecule has 3 aromatic rings. The lowest BCUT2D eigenvalue weighted by Gasteiger charge is -2.29. The molecule has 152 valence electrons. The van der Waals surface area contributed by atoms with Crippen LogP contribution in [0.15, 0.2) is 42.5 Å². The molecule has 2 aromatic carbocycles. The van der Waals surface area contributed by atoms with Crippen LogP contribution in [0.5, 0.6) is 5.88 Å². The molecule has 0 amide bonds. The van der Waals surface area contributed by atoms with E-state index in [0.29, 0.717) is 17.2 Å². The quantitative estimate of drug-likeness (QED) is 0.564. The van der Waals surface area contributed by atoms with Gasteiger partial charge in [-0.2, -0.15) is 5.26 Å². The summed E-state index contributed by atoms with van der Waals surface area (Å²) in [5.74, 6) is -1.95. The van der Waals surface area contributed by atoms with Crippen molar-refractivity contribution in [1.29, 1.82) is 10.7 Å². The van der Waals surface area contributed by atoms with Crippen LogP contribution < -0.4 is 4.74 Å². The number of fused-ring (bicyclic) bond motifs is 1. The summed E-state index contributed by atoms with van der Waals surface area (Å²) in [6, 6.07) is 14.5. The molecule has 0 saturated heterocycles. The summed E-state index contributed by atoms with van der Waals surface area (Å²) >= 11 is 6.34. The van der Waals surface area contributed by atoms with Crippen LogP contribution >= 0.6 is 11.6 Å². The van der Waals surface area contributed by atoms with Gasteiger partial charge in [-0.3, -0.25) is 10.5 Å². The Morgan fingerprint density at radius 3 is 2.60 bits per heavy atom. The van der Waals surface area contributed by atoms with Gasteiger partial charge in [-0.1, -0.05) is 55.8 Å². The molecule has 5 nitrogen and oxygen atoms in total. The molecule has 0 saturated carbocycles. The fourth-order valence-electron chi connectivity index (χ4n) is 3.94. The summed E-state index contributed by atoms with van der Waals surface area (Å²) in [6.07, 6.45) is 0.964. The molecule has 0 bridgehead atoms. The maximum Gasteiger partial charge on any atom is 0.244 e. The minimum Gasteiger partial charge on any atom is -0.422 e. The van der Waals surface area contributed by atoms with Gasteiger partial charge < -0.3 is 4.74 Å². The van der Waals surface area contributed by atoms with E-state index in [1.807, 2.05) is 24.3 Å². The number of hydrogen-bond donors (Lipinski definition) is 2. The van der Waals surface area contributed by atoms with Crippen molar-refractivity contribution in [2.75, 3.05) is 0 Å². The third-order valence-electron chi connectivity index (χ3n) is 5.24. The fourth-order valence-corrected chi connectivity index (χ4v) is 4.22. The molecule has 4 rings (SSSR count). The Morgan fingerprint density at radius 1 is 1.23 bits per heavy atom. The van der Waals surface area contributed by atoms with Crippen molar-refractivity contribution in [1.82, 2.24) is 10.2 Å². The molecule has 2 heterocycles. The van der Waals surface area contributed by atoms with Crippen molar-refractivity contribution in [3.63, 3.8) is 0 Å². The number of rotatable bonds is 4. The average Bonchev–Trinajstić information content (AvgIpc) is 3.11. The lowest BCUT2D eigenvalue weighted by Crippen LogP contribution is -2.31. The lowest BCUT2D eigenvalue weighted by molar-refractivity contribution is 0.432. The van der Waals surface area contributed by atoms with E-state index in [4.69, 9.17) is 21.7 Å². The molecule has 30 heavy (non-hydrogen) atoms. The van der Waals surface area contributed by atoms with Gasteiger partial charge in [0.2, 0.25) is 11.8 Å². The first-order valence-corrected chi connectivity index (χ1v) is 10.1. The van der Waals surface area contributed by atoms with Gasteiger partial charge in [0.05, 0.1) is 17.3 Å². The molecule has 2 N–H and O–H groups in total. The molecule has 7 heteroatoms. The second kappa shape index (κ2) is 7.92. The number of aromatic amines is 1. The standard InChI is InChI=1S/C23H20ClFN4O/c1-12(2)10-13-6-8-14(9-7-13)21-20-18(19-16(24)4-3-5-17(19)25)15(11-26)22(27)30-23(20)29-28-21/h3-9,12,15,18,27H,10H2,1-2H3,(H,28,29). The first kappa shape index (κ1) is 20.1. The summed E-state index contributed by atoms with van der Waals surface area (Å²) in [7, 11) is 0. The molecular formula is C23H20ClFN4O. The zero-order chi connectivity index (χ0) is 21.4. The van der Waals surface area contributed by atoms with Crippen molar-refractivity contribution in [3.8, 4) is 23.2 Å². The largest absolute Gasteiger partial charge is 0.422 e. The topological polar surface area (TPSA) is 85.5 Å². The van der Waals surface area contributed by atoms with Crippen LogP contribution in [0.3, 0.4) is 0 Å². The third-order valence-corrected chi connectivity index (χ3v) is 5.57. The maximum atomic E-state index is 14.8. The minimum absolute atomic E-state index is 0.164. The number of ether oxygens (including phenoxy) is 1. The van der Waals surface area contributed by atoms with Gasteiger partial charge in [-0.15, -0.1) is 5.10 Å². The van der Waals surface area contributed by atoms with E-state index >= 15 is 0 Å². The number of benzene rings is 2. The van der Waals surface area contributed by atoms with Gasteiger partial charge in [0, 0.05) is 16.5 Å². The van der Waals surface area contributed by atoms with Crippen LogP contribution in [0.1, 0.15) is 36.5 Å². The number of nitrogens with zero attached hydrogens (tertiary/aromatic N) is 2. The number of H-pyrrole nitrogens is 1. The van der Waals surface area contributed by atoms with Gasteiger partial charge >= 0.3 is 0 Å². The number of hydrogen-bond acceptors (Lipinski definition) is 4. The molecule has 0 spiro atoms. The fraction of sp³-hybridized carbons (Fsp3) is 0.261. The SMILES string of the molecule is CC(C)Cc1ccc(-c2[nH]nc3c2C(c2c(F)cccc2Cl)C(C#N)C(=N)O3)cc1. The highest BCUT2D eigenvalue weighted by Gasteiger charge is 2.42. The van der Waals surface area contributed by atoms with Crippen LogP contribution in [-0.4, -0.2) is 16.1 Å². The Hall–Kier alpha value is -3.17. The Morgan fingerprint density at radius 2 is 1.97 bits per heavy atom. The van der Waals surface area contributed by atoms with Crippen LogP contribution in [0.25, 0.3) is 11.3 Å². The summed E-state index contributed by atoms with van der Waals surface area (Å²) in [4.78, 5) is 0. The van der Waals surface area contributed by atoms with Crippen LogP contribution in [-0.2, 0) is 6.42 Å². The zero-order valence-electron chi connectivity index (χ0n) is 16.5. The van der Waals surface area contributed by atoms with Gasteiger partial charge in [-0.05, 0) is 35.6 Å². The Bertz CT molecular complexity index is 1130. The van der Waals surface area contributed by atoms with Crippen molar-refractivity contribution >= 4 is 17.5 Å². The highest BCUT2D eigenvalue weighted by molar-refractivity contribution is 6.31. The average molecular weight is 423 g/mol. The molecule has 0 aliphatic carbocycles. The smallest absolute Gasteiger partial charge is 0.244 e. The zero-order valence-corrected chi connectivity index (χ0v) is 17.3. The highest BCUT2D eigenvalue weighted by Crippen LogP contribution is 2.48. The van der Waals surface area contributed by atoms with Crippen molar-refractivity contribution in [2.45, 2.75) is 26.2 Å². The number of nitriles is 1. The summed E-state index contributed by atoms with van der Waals surface area (Å²) in [5.41, 5.74) is 3.37.